The highest BCUT2D eigenvalue weighted by Crippen LogP contribution is 2.23. The van der Waals surface area contributed by atoms with Gasteiger partial charge in [-0.3, -0.25) is 9.35 Å². The third kappa shape index (κ3) is 19.0. The Morgan fingerprint density at radius 1 is 1.10 bits per heavy atom. The van der Waals surface area contributed by atoms with Crippen LogP contribution in [0.25, 0.3) is 0 Å². The van der Waals surface area contributed by atoms with Crippen LogP contribution < -0.4 is 5.32 Å². The van der Waals surface area contributed by atoms with Gasteiger partial charge in [0.05, 0.1) is 17.5 Å². The standard InChI is InChI=1S/C22H43NO6S/c1-17(10-7-11-22(4,5)26)8-6-9-18(2)14-20(24)15-19(3)16-21(25)23-12-13-30(27,28)29/h17-18,20,24,26H,3,6-16H2,1-2,4-5H3,(H,23,25)(H,27,28,29)/t17-,18+,20?/m0/s1. The van der Waals surface area contributed by atoms with E-state index in [1.54, 1.807) is 0 Å². The molecule has 178 valence electrons. The van der Waals surface area contributed by atoms with Gasteiger partial charge in [0.25, 0.3) is 10.1 Å². The number of carbonyl (C=O) groups is 1. The zero-order valence-corrected chi connectivity index (χ0v) is 20.0. The fraction of sp³-hybridized carbons (Fsp3) is 0.864. The van der Waals surface area contributed by atoms with Gasteiger partial charge in [0.2, 0.25) is 5.91 Å². The number of carbonyl (C=O) groups excluding carboxylic acids is 1. The van der Waals surface area contributed by atoms with Gasteiger partial charge in [-0.1, -0.05) is 58.1 Å². The van der Waals surface area contributed by atoms with E-state index in [4.69, 9.17) is 4.55 Å². The lowest BCUT2D eigenvalue weighted by atomic mass is 9.90. The summed E-state index contributed by atoms with van der Waals surface area (Å²) in [5, 5.41) is 22.4. The number of nitrogens with one attached hydrogen (secondary N) is 1. The molecule has 0 radical (unpaired) electrons. The third-order valence-electron chi connectivity index (χ3n) is 5.17. The van der Waals surface area contributed by atoms with Crippen LogP contribution in [0.4, 0.5) is 0 Å². The lowest BCUT2D eigenvalue weighted by molar-refractivity contribution is -0.120. The van der Waals surface area contributed by atoms with E-state index in [-0.39, 0.29) is 18.9 Å². The lowest BCUT2D eigenvalue weighted by Gasteiger charge is -2.20. The Morgan fingerprint density at radius 2 is 1.67 bits per heavy atom. The van der Waals surface area contributed by atoms with Crippen LogP contribution in [-0.4, -0.2) is 53.1 Å². The SMILES string of the molecule is C=C(CC(=O)NCCS(=O)(=O)O)CC(O)C[C@H](C)CCC[C@H](C)CCCC(C)(C)O. The molecule has 0 aliphatic heterocycles. The highest BCUT2D eigenvalue weighted by Gasteiger charge is 2.15. The van der Waals surface area contributed by atoms with Crippen LogP contribution >= 0.6 is 0 Å². The molecule has 0 saturated heterocycles. The molecule has 0 bridgehead atoms. The Morgan fingerprint density at radius 3 is 2.23 bits per heavy atom. The van der Waals surface area contributed by atoms with Crippen LogP contribution in [0.5, 0.6) is 0 Å². The van der Waals surface area contributed by atoms with Crippen molar-refractivity contribution < 1.29 is 28.0 Å². The maximum absolute atomic E-state index is 11.7. The maximum atomic E-state index is 11.7. The Bertz CT molecular complexity index is 612. The zero-order valence-electron chi connectivity index (χ0n) is 19.2. The van der Waals surface area contributed by atoms with Gasteiger partial charge in [-0.2, -0.15) is 8.42 Å². The minimum atomic E-state index is -4.09. The Balaban J connectivity index is 3.94. The summed E-state index contributed by atoms with van der Waals surface area (Å²) < 4.78 is 29.9. The van der Waals surface area contributed by atoms with Gasteiger partial charge in [-0.25, -0.2) is 0 Å². The molecule has 1 amide bonds. The summed E-state index contributed by atoms with van der Waals surface area (Å²) in [5.74, 6) is 0.106. The molecule has 1 unspecified atom stereocenters. The molecule has 0 aliphatic carbocycles. The van der Waals surface area contributed by atoms with Gasteiger partial charge < -0.3 is 15.5 Å². The van der Waals surface area contributed by atoms with E-state index in [1.807, 2.05) is 13.8 Å². The molecule has 8 heteroatoms. The van der Waals surface area contributed by atoms with Crippen molar-refractivity contribution >= 4 is 16.0 Å². The quantitative estimate of drug-likeness (QED) is 0.199. The van der Waals surface area contributed by atoms with Gasteiger partial charge in [-0.15, -0.1) is 0 Å². The molecule has 0 saturated carbocycles. The summed E-state index contributed by atoms with van der Waals surface area (Å²) in [7, 11) is -4.09. The normalized spacial score (nSPS) is 15.4. The second kappa shape index (κ2) is 14.2. The largest absolute Gasteiger partial charge is 0.393 e. The van der Waals surface area contributed by atoms with Crippen LogP contribution in [-0.2, 0) is 14.9 Å². The number of hydrogen-bond donors (Lipinski definition) is 4. The van der Waals surface area contributed by atoms with E-state index < -0.39 is 27.6 Å². The number of aliphatic hydroxyl groups is 2. The van der Waals surface area contributed by atoms with Gasteiger partial charge in [0, 0.05) is 13.0 Å². The average molecular weight is 450 g/mol. The van der Waals surface area contributed by atoms with Gasteiger partial charge in [0.1, 0.15) is 0 Å². The molecule has 7 nitrogen and oxygen atoms in total. The molecular formula is C22H43NO6S. The van der Waals surface area contributed by atoms with Crippen LogP contribution in [0.3, 0.4) is 0 Å². The van der Waals surface area contributed by atoms with E-state index in [2.05, 4.69) is 25.7 Å². The van der Waals surface area contributed by atoms with E-state index in [0.717, 1.165) is 38.5 Å². The van der Waals surface area contributed by atoms with Crippen molar-refractivity contribution in [1.29, 1.82) is 0 Å². The maximum Gasteiger partial charge on any atom is 0.266 e. The first-order chi connectivity index (χ1) is 13.7. The second-order valence-corrected chi connectivity index (χ2v) is 11.1. The minimum Gasteiger partial charge on any atom is -0.393 e. The van der Waals surface area contributed by atoms with Crippen molar-refractivity contribution in [3.63, 3.8) is 0 Å². The topological polar surface area (TPSA) is 124 Å². The molecular weight excluding hydrogens is 406 g/mol. The Labute approximate surface area is 183 Å². The van der Waals surface area contributed by atoms with E-state index in [1.165, 1.54) is 0 Å². The number of amides is 1. The van der Waals surface area contributed by atoms with Gasteiger partial charge in [0.15, 0.2) is 0 Å². The van der Waals surface area contributed by atoms with Crippen molar-refractivity contribution in [3.05, 3.63) is 12.2 Å². The molecule has 0 rings (SSSR count). The first-order valence-electron chi connectivity index (χ1n) is 11.0. The van der Waals surface area contributed by atoms with Crippen molar-refractivity contribution in [2.24, 2.45) is 11.8 Å². The van der Waals surface area contributed by atoms with Crippen molar-refractivity contribution in [3.8, 4) is 0 Å². The third-order valence-corrected chi connectivity index (χ3v) is 5.89. The first kappa shape index (κ1) is 29.0. The fourth-order valence-electron chi connectivity index (χ4n) is 3.52. The molecule has 0 aromatic rings. The summed E-state index contributed by atoms with van der Waals surface area (Å²) in [5.41, 5.74) is 0.00858. The van der Waals surface area contributed by atoms with Crippen molar-refractivity contribution in [2.45, 2.75) is 97.2 Å². The van der Waals surface area contributed by atoms with Crippen LogP contribution in [0.15, 0.2) is 12.2 Å². The number of rotatable bonds is 17. The zero-order chi connectivity index (χ0) is 23.4. The highest BCUT2D eigenvalue weighted by atomic mass is 32.2. The number of aliphatic hydroxyl groups excluding tert-OH is 1. The fourth-order valence-corrected chi connectivity index (χ4v) is 3.88. The molecule has 0 spiro atoms. The van der Waals surface area contributed by atoms with Crippen molar-refractivity contribution in [1.82, 2.24) is 5.32 Å². The summed E-state index contributed by atoms with van der Waals surface area (Å²) >= 11 is 0. The number of hydrogen-bond acceptors (Lipinski definition) is 5. The molecule has 3 atom stereocenters. The molecule has 0 fully saturated rings. The summed E-state index contributed by atoms with van der Waals surface area (Å²) in [6, 6.07) is 0. The Hall–Kier alpha value is -0.960. The molecule has 0 aliphatic rings. The summed E-state index contributed by atoms with van der Waals surface area (Å²) in [6.45, 7) is 11.7. The van der Waals surface area contributed by atoms with E-state index >= 15 is 0 Å². The van der Waals surface area contributed by atoms with E-state index in [9.17, 15) is 23.4 Å². The van der Waals surface area contributed by atoms with Crippen molar-refractivity contribution in [2.75, 3.05) is 12.3 Å². The highest BCUT2D eigenvalue weighted by molar-refractivity contribution is 7.85. The lowest BCUT2D eigenvalue weighted by Crippen LogP contribution is -2.29. The molecule has 0 heterocycles. The smallest absolute Gasteiger partial charge is 0.266 e. The minimum absolute atomic E-state index is 0.0269. The monoisotopic (exact) mass is 449 g/mol. The van der Waals surface area contributed by atoms with Crippen LogP contribution in [0, 0.1) is 11.8 Å². The second-order valence-electron chi connectivity index (χ2n) is 9.50. The van der Waals surface area contributed by atoms with Crippen LogP contribution in [0.2, 0.25) is 0 Å². The predicted molar refractivity (Wildman–Crippen MR) is 121 cm³/mol. The molecule has 4 N–H and O–H groups in total. The van der Waals surface area contributed by atoms with Gasteiger partial charge in [-0.05, 0) is 44.9 Å². The molecule has 0 aromatic heterocycles. The molecule has 30 heavy (non-hydrogen) atoms. The average Bonchev–Trinajstić information content (AvgIpc) is 2.51. The molecule has 0 aromatic carbocycles. The predicted octanol–water partition coefficient (Wildman–Crippen LogP) is 3.46. The Kier molecular flexibility index (Phi) is 13.7. The summed E-state index contributed by atoms with van der Waals surface area (Å²) in [6.07, 6.45) is 6.72. The first-order valence-corrected chi connectivity index (χ1v) is 12.6. The summed E-state index contributed by atoms with van der Waals surface area (Å²) in [4.78, 5) is 11.7. The van der Waals surface area contributed by atoms with Gasteiger partial charge >= 0.3 is 0 Å². The van der Waals surface area contributed by atoms with E-state index in [0.29, 0.717) is 30.3 Å². The van der Waals surface area contributed by atoms with Crippen LogP contribution in [0.1, 0.15) is 85.5 Å².